The van der Waals surface area contributed by atoms with Gasteiger partial charge in [-0.1, -0.05) is 5.16 Å². The van der Waals surface area contributed by atoms with Crippen molar-refractivity contribution < 1.29 is 14.1 Å². The molecule has 2 aliphatic carbocycles. The first kappa shape index (κ1) is 21.4. The Balaban J connectivity index is 1.35. The smallest absolute Gasteiger partial charge is 0.274 e. The van der Waals surface area contributed by atoms with Gasteiger partial charge in [0, 0.05) is 16.8 Å². The Morgan fingerprint density at radius 3 is 2.36 bits per heavy atom. The molecule has 2 amide bonds. The predicted molar refractivity (Wildman–Crippen MR) is 121 cm³/mol. The Hall–Kier alpha value is -3.49. The molecule has 2 aliphatic rings. The molecule has 0 saturated heterocycles. The van der Waals surface area contributed by atoms with Gasteiger partial charge in [-0.25, -0.2) is 0 Å². The normalized spacial score (nSPS) is 16.6. The summed E-state index contributed by atoms with van der Waals surface area (Å²) in [5, 5.41) is 16.9. The fourth-order valence-corrected chi connectivity index (χ4v) is 4.71. The summed E-state index contributed by atoms with van der Waals surface area (Å²) in [5.41, 5.74) is 5.02. The lowest BCUT2D eigenvalue weighted by atomic mass is 9.88. The Labute approximate surface area is 191 Å². The van der Waals surface area contributed by atoms with E-state index in [0.717, 1.165) is 48.3 Å². The molecule has 172 valence electrons. The van der Waals surface area contributed by atoms with Crippen molar-refractivity contribution in [3.05, 3.63) is 47.2 Å². The Kier molecular flexibility index (Phi) is 5.47. The summed E-state index contributed by atoms with van der Waals surface area (Å²) >= 11 is 0. The fourth-order valence-electron chi connectivity index (χ4n) is 4.71. The monoisotopic (exact) mass is 448 g/mol. The minimum atomic E-state index is -0.633. The summed E-state index contributed by atoms with van der Waals surface area (Å²) in [6.07, 6.45) is 7.47. The molecular formula is C24H28N6O3. The van der Waals surface area contributed by atoms with Crippen LogP contribution in [0, 0.1) is 38.5 Å². The molecule has 9 nitrogen and oxygen atoms in total. The highest BCUT2D eigenvalue weighted by molar-refractivity contribution is 6.01. The molecule has 3 heterocycles. The van der Waals surface area contributed by atoms with Crippen LogP contribution in [0.3, 0.4) is 0 Å². The standard InChI is InChI=1S/C24H28N6O3/c1-12-11-33-30-21(12)23(31)27-22(20(15-4-5-15)16-6-7-16)24(32)26-17-8-9-18(25-10-17)19-13(2)28-29-14(19)3/h8-11,15-16,20,22H,4-7H2,1-3H3,(H,26,32)(H,27,31)(H,28,29)/t22-/m0/s1. The lowest BCUT2D eigenvalue weighted by Crippen LogP contribution is -2.50. The van der Waals surface area contributed by atoms with Gasteiger partial charge in [-0.3, -0.25) is 19.7 Å². The van der Waals surface area contributed by atoms with Crippen LogP contribution in [0.1, 0.15) is 53.1 Å². The Morgan fingerprint density at radius 1 is 1.12 bits per heavy atom. The van der Waals surface area contributed by atoms with Crippen LogP contribution in [0.25, 0.3) is 11.3 Å². The Bertz CT molecular complexity index is 1140. The summed E-state index contributed by atoms with van der Waals surface area (Å²) in [7, 11) is 0. The van der Waals surface area contributed by atoms with E-state index in [1.807, 2.05) is 26.0 Å². The molecule has 3 N–H and O–H groups in total. The third kappa shape index (κ3) is 4.40. The van der Waals surface area contributed by atoms with E-state index in [1.165, 1.54) is 6.26 Å². The number of nitrogens with zero attached hydrogens (tertiary/aromatic N) is 3. The van der Waals surface area contributed by atoms with E-state index in [9.17, 15) is 9.59 Å². The number of aryl methyl sites for hydroxylation is 3. The van der Waals surface area contributed by atoms with Crippen LogP contribution in [-0.4, -0.2) is 38.2 Å². The molecular weight excluding hydrogens is 420 g/mol. The van der Waals surface area contributed by atoms with Gasteiger partial charge in [-0.15, -0.1) is 0 Å². The van der Waals surface area contributed by atoms with Gasteiger partial charge in [0.15, 0.2) is 5.69 Å². The number of carbonyl (C=O) groups is 2. The molecule has 0 aromatic carbocycles. The number of pyridine rings is 1. The van der Waals surface area contributed by atoms with E-state index in [-0.39, 0.29) is 23.4 Å². The molecule has 2 fully saturated rings. The second-order valence-electron chi connectivity index (χ2n) is 9.28. The zero-order valence-corrected chi connectivity index (χ0v) is 19.0. The molecule has 0 unspecified atom stereocenters. The van der Waals surface area contributed by atoms with Crippen LogP contribution in [0.15, 0.2) is 29.1 Å². The highest BCUT2D eigenvalue weighted by Crippen LogP contribution is 2.51. The van der Waals surface area contributed by atoms with Crippen LogP contribution in [-0.2, 0) is 4.79 Å². The van der Waals surface area contributed by atoms with Gasteiger partial charge in [0.2, 0.25) is 5.91 Å². The van der Waals surface area contributed by atoms with Gasteiger partial charge >= 0.3 is 0 Å². The maximum atomic E-state index is 13.4. The van der Waals surface area contributed by atoms with E-state index in [0.29, 0.717) is 23.1 Å². The van der Waals surface area contributed by atoms with Gasteiger partial charge < -0.3 is 15.2 Å². The molecule has 0 radical (unpaired) electrons. The molecule has 0 aliphatic heterocycles. The molecule has 5 rings (SSSR count). The van der Waals surface area contributed by atoms with Crippen molar-refractivity contribution in [2.24, 2.45) is 17.8 Å². The third-order valence-electron chi connectivity index (χ3n) is 6.66. The van der Waals surface area contributed by atoms with Crippen molar-refractivity contribution in [3.8, 4) is 11.3 Å². The number of aromatic nitrogens is 4. The fraction of sp³-hybridized carbons (Fsp3) is 0.458. The van der Waals surface area contributed by atoms with Crippen LogP contribution in [0.5, 0.6) is 0 Å². The second kappa shape index (κ2) is 8.46. The lowest BCUT2D eigenvalue weighted by molar-refractivity contribution is -0.119. The lowest BCUT2D eigenvalue weighted by Gasteiger charge is -2.27. The molecule has 1 atom stereocenters. The number of anilines is 1. The number of hydrogen-bond acceptors (Lipinski definition) is 6. The first-order chi connectivity index (χ1) is 15.9. The molecule has 2 saturated carbocycles. The van der Waals surface area contributed by atoms with E-state index >= 15 is 0 Å². The predicted octanol–water partition coefficient (Wildman–Crippen LogP) is 3.56. The van der Waals surface area contributed by atoms with E-state index in [4.69, 9.17) is 4.52 Å². The summed E-state index contributed by atoms with van der Waals surface area (Å²) < 4.78 is 4.92. The number of rotatable bonds is 8. The Morgan fingerprint density at radius 2 is 1.85 bits per heavy atom. The molecule has 33 heavy (non-hydrogen) atoms. The maximum absolute atomic E-state index is 13.4. The van der Waals surface area contributed by atoms with Crippen LogP contribution in [0.4, 0.5) is 5.69 Å². The summed E-state index contributed by atoms with van der Waals surface area (Å²) in [6, 6.07) is 3.06. The van der Waals surface area contributed by atoms with Crippen LogP contribution in [0.2, 0.25) is 0 Å². The maximum Gasteiger partial charge on any atom is 0.274 e. The van der Waals surface area contributed by atoms with Crippen molar-refractivity contribution in [2.75, 3.05) is 5.32 Å². The average molecular weight is 449 g/mol. The topological polar surface area (TPSA) is 126 Å². The molecule has 0 bridgehead atoms. The van der Waals surface area contributed by atoms with E-state index in [1.54, 1.807) is 13.1 Å². The largest absolute Gasteiger partial charge is 0.364 e. The SMILES string of the molecule is Cc1conc1C(=O)N[C@H](C(=O)Nc1ccc(-c2c(C)n[nH]c2C)nc1)C(C1CC1)C1CC1. The van der Waals surface area contributed by atoms with Crippen molar-refractivity contribution in [3.63, 3.8) is 0 Å². The van der Waals surface area contributed by atoms with Crippen molar-refractivity contribution in [1.29, 1.82) is 0 Å². The number of H-pyrrole nitrogens is 1. The first-order valence-corrected chi connectivity index (χ1v) is 11.4. The molecule has 9 heteroatoms. The zero-order chi connectivity index (χ0) is 23.1. The quantitative estimate of drug-likeness (QED) is 0.484. The van der Waals surface area contributed by atoms with Crippen molar-refractivity contribution >= 4 is 17.5 Å². The minimum absolute atomic E-state index is 0.129. The highest BCUT2D eigenvalue weighted by Gasteiger charge is 2.48. The number of amides is 2. The minimum Gasteiger partial charge on any atom is -0.364 e. The average Bonchev–Trinajstić information content (AvgIpc) is 3.72. The number of nitrogens with one attached hydrogen (secondary N) is 3. The van der Waals surface area contributed by atoms with Gasteiger partial charge in [-0.2, -0.15) is 5.10 Å². The summed E-state index contributed by atoms with van der Waals surface area (Å²) in [5.74, 6) is 0.467. The van der Waals surface area contributed by atoms with Gasteiger partial charge in [-0.05, 0) is 76.3 Å². The zero-order valence-electron chi connectivity index (χ0n) is 19.0. The third-order valence-corrected chi connectivity index (χ3v) is 6.66. The van der Waals surface area contributed by atoms with Crippen molar-refractivity contribution in [2.45, 2.75) is 52.5 Å². The molecule has 3 aromatic rings. The molecule has 0 spiro atoms. The second-order valence-corrected chi connectivity index (χ2v) is 9.28. The highest BCUT2D eigenvalue weighted by atomic mass is 16.5. The van der Waals surface area contributed by atoms with Gasteiger partial charge in [0.1, 0.15) is 12.3 Å². The number of hydrogen-bond donors (Lipinski definition) is 3. The van der Waals surface area contributed by atoms with E-state index in [2.05, 4.69) is 31.0 Å². The number of aromatic amines is 1. The number of carbonyl (C=O) groups excluding carboxylic acids is 2. The van der Waals surface area contributed by atoms with E-state index < -0.39 is 6.04 Å². The van der Waals surface area contributed by atoms with Crippen LogP contribution < -0.4 is 10.6 Å². The summed E-state index contributed by atoms with van der Waals surface area (Å²) in [6.45, 7) is 5.64. The summed E-state index contributed by atoms with van der Waals surface area (Å²) in [4.78, 5) is 30.8. The first-order valence-electron chi connectivity index (χ1n) is 11.4. The van der Waals surface area contributed by atoms with Crippen molar-refractivity contribution in [1.82, 2.24) is 25.7 Å². The van der Waals surface area contributed by atoms with Gasteiger partial charge in [0.25, 0.3) is 5.91 Å². The van der Waals surface area contributed by atoms with Crippen LogP contribution >= 0.6 is 0 Å². The molecule has 3 aromatic heterocycles. The van der Waals surface area contributed by atoms with Gasteiger partial charge in [0.05, 0.1) is 23.3 Å².